The third kappa shape index (κ3) is 1.22. The van der Waals surface area contributed by atoms with Crippen LogP contribution in [0.25, 0.3) is 0 Å². The van der Waals surface area contributed by atoms with Gasteiger partial charge in [0.2, 0.25) is 0 Å². The number of rotatable bonds is 2. The first-order chi connectivity index (χ1) is 4.36. The van der Waals surface area contributed by atoms with E-state index < -0.39 is 0 Å². The molecule has 0 bridgehead atoms. The van der Waals surface area contributed by atoms with E-state index in [-0.39, 0.29) is 0 Å². The summed E-state index contributed by atoms with van der Waals surface area (Å²) in [7, 11) is 1.89. The van der Waals surface area contributed by atoms with Crippen LogP contribution in [0.15, 0.2) is 12.4 Å². The molecular formula is C6H11N3. The third-order valence-electron chi connectivity index (χ3n) is 1.25. The minimum atomic E-state index is 0.932. The molecule has 0 radical (unpaired) electrons. The van der Waals surface area contributed by atoms with Crippen LogP contribution in [0.5, 0.6) is 0 Å². The van der Waals surface area contributed by atoms with Crippen molar-refractivity contribution in [2.75, 3.05) is 12.4 Å². The molecule has 1 aromatic rings. The Morgan fingerprint density at radius 3 is 2.89 bits per heavy atom. The minimum absolute atomic E-state index is 0.932. The first kappa shape index (κ1) is 6.13. The van der Waals surface area contributed by atoms with Crippen molar-refractivity contribution in [3.8, 4) is 0 Å². The Hall–Kier alpha value is -0.990. The van der Waals surface area contributed by atoms with Gasteiger partial charge in [0.25, 0.3) is 0 Å². The van der Waals surface area contributed by atoms with Crippen LogP contribution in [0, 0.1) is 0 Å². The molecule has 0 fully saturated rings. The van der Waals surface area contributed by atoms with Gasteiger partial charge in [-0.25, -0.2) is 0 Å². The van der Waals surface area contributed by atoms with Gasteiger partial charge >= 0.3 is 0 Å². The van der Waals surface area contributed by atoms with Crippen LogP contribution in [-0.2, 0) is 6.54 Å². The zero-order valence-electron chi connectivity index (χ0n) is 5.76. The van der Waals surface area contributed by atoms with E-state index in [4.69, 9.17) is 0 Å². The monoisotopic (exact) mass is 125 g/mol. The first-order valence-corrected chi connectivity index (χ1v) is 3.07. The van der Waals surface area contributed by atoms with Crippen molar-refractivity contribution in [3.63, 3.8) is 0 Å². The van der Waals surface area contributed by atoms with Crippen LogP contribution in [-0.4, -0.2) is 16.8 Å². The average molecular weight is 125 g/mol. The zero-order chi connectivity index (χ0) is 6.69. The molecule has 1 N–H and O–H groups in total. The lowest BCUT2D eigenvalue weighted by Crippen LogP contribution is -1.92. The summed E-state index contributed by atoms with van der Waals surface area (Å²) in [5.74, 6) is 0. The molecule has 0 saturated carbocycles. The molecule has 1 rings (SSSR count). The molecule has 0 atom stereocenters. The SMILES string of the molecule is CCn1cc(NC)cn1. The van der Waals surface area contributed by atoms with Crippen molar-refractivity contribution in [3.05, 3.63) is 12.4 Å². The van der Waals surface area contributed by atoms with E-state index in [2.05, 4.69) is 17.3 Å². The molecule has 0 amide bonds. The molecule has 9 heavy (non-hydrogen) atoms. The Kier molecular flexibility index (Phi) is 1.72. The maximum absolute atomic E-state index is 4.06. The van der Waals surface area contributed by atoms with Gasteiger partial charge in [0, 0.05) is 19.8 Å². The second kappa shape index (κ2) is 2.53. The third-order valence-corrected chi connectivity index (χ3v) is 1.25. The minimum Gasteiger partial charge on any atom is -0.386 e. The predicted octanol–water partition coefficient (Wildman–Crippen LogP) is 0.945. The van der Waals surface area contributed by atoms with Crippen molar-refractivity contribution in [1.29, 1.82) is 0 Å². The van der Waals surface area contributed by atoms with Crippen molar-refractivity contribution in [1.82, 2.24) is 9.78 Å². The molecule has 0 aliphatic carbocycles. The van der Waals surface area contributed by atoms with Gasteiger partial charge in [0.1, 0.15) is 0 Å². The Balaban J connectivity index is 2.74. The van der Waals surface area contributed by atoms with Gasteiger partial charge in [-0.15, -0.1) is 0 Å². The number of anilines is 1. The number of aryl methyl sites for hydroxylation is 1. The van der Waals surface area contributed by atoms with Crippen LogP contribution in [0.3, 0.4) is 0 Å². The molecular weight excluding hydrogens is 114 g/mol. The summed E-state index contributed by atoms with van der Waals surface area (Å²) in [6.45, 7) is 2.99. The summed E-state index contributed by atoms with van der Waals surface area (Å²) in [5, 5.41) is 7.06. The van der Waals surface area contributed by atoms with E-state index in [0.29, 0.717) is 0 Å². The molecule has 50 valence electrons. The van der Waals surface area contributed by atoms with Crippen LogP contribution in [0.1, 0.15) is 6.92 Å². The van der Waals surface area contributed by atoms with E-state index in [1.54, 1.807) is 0 Å². The topological polar surface area (TPSA) is 29.9 Å². The lowest BCUT2D eigenvalue weighted by Gasteiger charge is -1.90. The summed E-state index contributed by atoms with van der Waals surface area (Å²) in [4.78, 5) is 0. The van der Waals surface area contributed by atoms with Crippen LogP contribution in [0.2, 0.25) is 0 Å². The molecule has 3 heteroatoms. The highest BCUT2D eigenvalue weighted by atomic mass is 15.3. The zero-order valence-corrected chi connectivity index (χ0v) is 5.76. The lowest BCUT2D eigenvalue weighted by molar-refractivity contribution is 0.660. The molecule has 3 nitrogen and oxygen atoms in total. The molecule has 0 unspecified atom stereocenters. The van der Waals surface area contributed by atoms with E-state index in [0.717, 1.165) is 12.2 Å². The molecule has 0 saturated heterocycles. The molecule has 0 aliphatic heterocycles. The fraction of sp³-hybridized carbons (Fsp3) is 0.500. The Labute approximate surface area is 54.7 Å². The summed E-state index contributed by atoms with van der Waals surface area (Å²) >= 11 is 0. The first-order valence-electron chi connectivity index (χ1n) is 3.07. The van der Waals surface area contributed by atoms with Gasteiger partial charge in [-0.05, 0) is 6.92 Å². The quantitative estimate of drug-likeness (QED) is 0.637. The fourth-order valence-electron chi connectivity index (χ4n) is 0.666. The van der Waals surface area contributed by atoms with Crippen molar-refractivity contribution >= 4 is 5.69 Å². The fourth-order valence-corrected chi connectivity index (χ4v) is 0.666. The highest BCUT2D eigenvalue weighted by Crippen LogP contribution is 2.01. The normalized spacial score (nSPS) is 9.56. The smallest absolute Gasteiger partial charge is 0.0723 e. The van der Waals surface area contributed by atoms with Crippen LogP contribution in [0.4, 0.5) is 5.69 Å². The predicted molar refractivity (Wildman–Crippen MR) is 37.4 cm³/mol. The number of nitrogens with one attached hydrogen (secondary N) is 1. The van der Waals surface area contributed by atoms with Crippen molar-refractivity contribution < 1.29 is 0 Å². The number of nitrogens with zero attached hydrogens (tertiary/aromatic N) is 2. The lowest BCUT2D eigenvalue weighted by atomic mass is 10.6. The summed E-state index contributed by atoms with van der Waals surface area (Å²) < 4.78 is 1.88. The molecule has 1 heterocycles. The highest BCUT2D eigenvalue weighted by Gasteiger charge is 1.90. The van der Waals surface area contributed by atoms with E-state index in [1.807, 2.05) is 24.1 Å². The molecule has 1 aromatic heterocycles. The van der Waals surface area contributed by atoms with Gasteiger partial charge in [-0.3, -0.25) is 4.68 Å². The Morgan fingerprint density at radius 2 is 2.56 bits per heavy atom. The second-order valence-electron chi connectivity index (χ2n) is 1.83. The average Bonchev–Trinajstić information content (AvgIpc) is 2.34. The Morgan fingerprint density at radius 1 is 1.78 bits per heavy atom. The van der Waals surface area contributed by atoms with Gasteiger partial charge in [0.15, 0.2) is 0 Å². The van der Waals surface area contributed by atoms with Crippen LogP contribution < -0.4 is 5.32 Å². The van der Waals surface area contributed by atoms with Crippen molar-refractivity contribution in [2.45, 2.75) is 13.5 Å². The van der Waals surface area contributed by atoms with E-state index in [9.17, 15) is 0 Å². The number of hydrogen-bond acceptors (Lipinski definition) is 2. The van der Waals surface area contributed by atoms with Gasteiger partial charge in [0.05, 0.1) is 11.9 Å². The number of aromatic nitrogens is 2. The summed E-state index contributed by atoms with van der Waals surface area (Å²) in [5.41, 5.74) is 1.07. The summed E-state index contributed by atoms with van der Waals surface area (Å²) in [6.07, 6.45) is 3.78. The Bertz CT molecular complexity index is 162. The van der Waals surface area contributed by atoms with Gasteiger partial charge in [-0.1, -0.05) is 0 Å². The standard InChI is InChI=1S/C6H11N3/c1-3-9-5-6(7-2)4-8-9/h4-5,7H,3H2,1-2H3. The highest BCUT2D eigenvalue weighted by molar-refractivity contribution is 5.36. The van der Waals surface area contributed by atoms with Crippen molar-refractivity contribution in [2.24, 2.45) is 0 Å². The largest absolute Gasteiger partial charge is 0.386 e. The van der Waals surface area contributed by atoms with Gasteiger partial charge < -0.3 is 5.32 Å². The van der Waals surface area contributed by atoms with E-state index >= 15 is 0 Å². The molecule has 0 aliphatic rings. The number of hydrogen-bond donors (Lipinski definition) is 1. The maximum Gasteiger partial charge on any atom is 0.0723 e. The maximum atomic E-state index is 4.06. The van der Waals surface area contributed by atoms with E-state index in [1.165, 1.54) is 0 Å². The molecule has 0 aromatic carbocycles. The molecule has 0 spiro atoms. The van der Waals surface area contributed by atoms with Crippen LogP contribution >= 0.6 is 0 Å². The van der Waals surface area contributed by atoms with Gasteiger partial charge in [-0.2, -0.15) is 5.10 Å². The second-order valence-corrected chi connectivity index (χ2v) is 1.83. The summed E-state index contributed by atoms with van der Waals surface area (Å²) in [6, 6.07) is 0.